The Morgan fingerprint density at radius 1 is 0.769 bits per heavy atom. The van der Waals surface area contributed by atoms with E-state index in [1.807, 2.05) is 12.3 Å². The van der Waals surface area contributed by atoms with Crippen LogP contribution in [0.1, 0.15) is 10.6 Å². The minimum atomic E-state index is 0.820. The standard InChI is InChI=1S/C23H16N2S/c1-3-9-18-16(7-1)13-14-24-23(18)19-10-4-2-8-17(19)15-22-25-20-11-5-6-12-21(20)26-22/h1-14H,15H2. The van der Waals surface area contributed by atoms with Crippen LogP contribution in [0.4, 0.5) is 0 Å². The lowest BCUT2D eigenvalue weighted by atomic mass is 9.98. The summed E-state index contributed by atoms with van der Waals surface area (Å²) in [7, 11) is 0. The number of hydrogen-bond acceptors (Lipinski definition) is 3. The second kappa shape index (κ2) is 6.36. The molecule has 0 saturated carbocycles. The number of pyridine rings is 1. The number of aromatic nitrogens is 2. The highest BCUT2D eigenvalue weighted by atomic mass is 32.1. The largest absolute Gasteiger partial charge is 0.256 e. The van der Waals surface area contributed by atoms with Crippen LogP contribution in [0.2, 0.25) is 0 Å². The lowest BCUT2D eigenvalue weighted by Crippen LogP contribution is -1.94. The predicted molar refractivity (Wildman–Crippen MR) is 110 cm³/mol. The molecule has 0 radical (unpaired) electrons. The van der Waals surface area contributed by atoms with E-state index < -0.39 is 0 Å². The summed E-state index contributed by atoms with van der Waals surface area (Å²) in [4.78, 5) is 9.51. The Labute approximate surface area is 155 Å². The summed E-state index contributed by atoms with van der Waals surface area (Å²) in [5, 5.41) is 3.54. The quantitative estimate of drug-likeness (QED) is 0.392. The third kappa shape index (κ3) is 2.67. The van der Waals surface area contributed by atoms with Crippen molar-refractivity contribution in [1.29, 1.82) is 0 Å². The number of para-hydroxylation sites is 1. The molecule has 124 valence electrons. The fourth-order valence-electron chi connectivity index (χ4n) is 3.40. The van der Waals surface area contributed by atoms with Crippen molar-refractivity contribution in [3.63, 3.8) is 0 Å². The zero-order valence-electron chi connectivity index (χ0n) is 14.1. The topological polar surface area (TPSA) is 25.8 Å². The third-order valence-corrected chi connectivity index (χ3v) is 5.66. The van der Waals surface area contributed by atoms with Gasteiger partial charge >= 0.3 is 0 Å². The van der Waals surface area contributed by atoms with E-state index in [0.717, 1.165) is 22.6 Å². The van der Waals surface area contributed by atoms with Gasteiger partial charge in [0.1, 0.15) is 0 Å². The van der Waals surface area contributed by atoms with Gasteiger partial charge in [0.15, 0.2) is 0 Å². The third-order valence-electron chi connectivity index (χ3n) is 4.63. The van der Waals surface area contributed by atoms with Gasteiger partial charge in [-0.05, 0) is 29.1 Å². The molecule has 0 amide bonds. The Morgan fingerprint density at radius 3 is 2.54 bits per heavy atom. The molecule has 2 nitrogen and oxygen atoms in total. The molecular weight excluding hydrogens is 336 g/mol. The highest BCUT2D eigenvalue weighted by molar-refractivity contribution is 7.18. The van der Waals surface area contributed by atoms with Crippen molar-refractivity contribution in [2.24, 2.45) is 0 Å². The molecule has 3 heteroatoms. The molecule has 0 spiro atoms. The lowest BCUT2D eigenvalue weighted by molar-refractivity contribution is 1.15. The summed E-state index contributed by atoms with van der Waals surface area (Å²) in [6.07, 6.45) is 2.71. The van der Waals surface area contributed by atoms with Gasteiger partial charge in [0, 0.05) is 23.6 Å². The van der Waals surface area contributed by atoms with E-state index in [0.29, 0.717) is 0 Å². The molecule has 5 rings (SSSR count). The molecule has 26 heavy (non-hydrogen) atoms. The average Bonchev–Trinajstić information content (AvgIpc) is 3.10. The molecule has 0 unspecified atom stereocenters. The van der Waals surface area contributed by atoms with Crippen LogP contribution in [-0.2, 0) is 6.42 Å². The van der Waals surface area contributed by atoms with Gasteiger partial charge in [0.05, 0.1) is 20.9 Å². The molecule has 0 bridgehead atoms. The maximum atomic E-state index is 4.80. The van der Waals surface area contributed by atoms with Crippen LogP contribution in [0.25, 0.3) is 32.2 Å². The molecule has 0 aliphatic carbocycles. The molecule has 3 aromatic carbocycles. The molecule has 0 aliphatic rings. The van der Waals surface area contributed by atoms with Gasteiger partial charge in [-0.15, -0.1) is 11.3 Å². The Balaban J connectivity index is 1.63. The maximum Gasteiger partial charge on any atom is 0.0982 e. The van der Waals surface area contributed by atoms with Crippen LogP contribution < -0.4 is 0 Å². The van der Waals surface area contributed by atoms with Gasteiger partial charge < -0.3 is 0 Å². The van der Waals surface area contributed by atoms with Crippen LogP contribution in [0.3, 0.4) is 0 Å². The van der Waals surface area contributed by atoms with Crippen molar-refractivity contribution in [3.05, 3.63) is 95.6 Å². The first kappa shape index (κ1) is 15.2. The summed E-state index contributed by atoms with van der Waals surface area (Å²) < 4.78 is 1.24. The summed E-state index contributed by atoms with van der Waals surface area (Å²) in [6.45, 7) is 0. The van der Waals surface area contributed by atoms with Gasteiger partial charge in [0.2, 0.25) is 0 Å². The van der Waals surface area contributed by atoms with Crippen LogP contribution in [-0.4, -0.2) is 9.97 Å². The summed E-state index contributed by atoms with van der Waals surface area (Å²) >= 11 is 1.77. The van der Waals surface area contributed by atoms with E-state index in [2.05, 4.69) is 72.8 Å². The molecule has 0 N–H and O–H groups in total. The van der Waals surface area contributed by atoms with Crippen LogP contribution in [0, 0.1) is 0 Å². The average molecular weight is 352 g/mol. The molecular formula is C23H16N2S. The number of hydrogen-bond donors (Lipinski definition) is 0. The lowest BCUT2D eigenvalue weighted by Gasteiger charge is -2.10. The summed E-state index contributed by atoms with van der Waals surface area (Å²) in [6, 6.07) is 27.3. The number of fused-ring (bicyclic) bond motifs is 2. The zero-order valence-corrected chi connectivity index (χ0v) is 14.9. The first-order chi connectivity index (χ1) is 12.9. The van der Waals surface area contributed by atoms with Crippen LogP contribution in [0.5, 0.6) is 0 Å². The highest BCUT2D eigenvalue weighted by Crippen LogP contribution is 2.31. The molecule has 0 saturated heterocycles. The molecule has 2 heterocycles. The summed E-state index contributed by atoms with van der Waals surface area (Å²) in [5.74, 6) is 0. The fraction of sp³-hybridized carbons (Fsp3) is 0.0435. The monoisotopic (exact) mass is 352 g/mol. The molecule has 2 aromatic heterocycles. The first-order valence-corrected chi connectivity index (χ1v) is 9.46. The normalized spacial score (nSPS) is 11.2. The zero-order chi connectivity index (χ0) is 17.3. The van der Waals surface area contributed by atoms with Crippen LogP contribution in [0.15, 0.2) is 85.1 Å². The van der Waals surface area contributed by atoms with Crippen molar-refractivity contribution in [1.82, 2.24) is 9.97 Å². The van der Waals surface area contributed by atoms with Crippen molar-refractivity contribution in [2.45, 2.75) is 6.42 Å². The summed E-state index contributed by atoms with van der Waals surface area (Å²) in [5.41, 5.74) is 4.56. The van der Waals surface area contributed by atoms with Crippen molar-refractivity contribution >= 4 is 32.3 Å². The smallest absolute Gasteiger partial charge is 0.0982 e. The molecule has 0 aliphatic heterocycles. The molecule has 5 aromatic rings. The van der Waals surface area contributed by atoms with Gasteiger partial charge in [0.25, 0.3) is 0 Å². The van der Waals surface area contributed by atoms with E-state index in [9.17, 15) is 0 Å². The Bertz CT molecular complexity index is 1180. The van der Waals surface area contributed by atoms with Gasteiger partial charge in [-0.2, -0.15) is 0 Å². The Morgan fingerprint density at radius 2 is 1.58 bits per heavy atom. The molecule has 0 fully saturated rings. The van der Waals surface area contributed by atoms with Gasteiger partial charge in [-0.3, -0.25) is 4.98 Å². The van der Waals surface area contributed by atoms with E-state index >= 15 is 0 Å². The van der Waals surface area contributed by atoms with E-state index in [4.69, 9.17) is 9.97 Å². The molecule has 0 atom stereocenters. The Hall–Kier alpha value is -3.04. The number of rotatable bonds is 3. The second-order valence-electron chi connectivity index (χ2n) is 6.29. The minimum absolute atomic E-state index is 0.820. The maximum absolute atomic E-state index is 4.80. The van der Waals surface area contributed by atoms with Crippen molar-refractivity contribution < 1.29 is 0 Å². The second-order valence-corrected chi connectivity index (χ2v) is 7.41. The number of thiazole rings is 1. The first-order valence-electron chi connectivity index (χ1n) is 8.65. The van der Waals surface area contributed by atoms with Crippen LogP contribution >= 0.6 is 11.3 Å². The van der Waals surface area contributed by atoms with Crippen molar-refractivity contribution in [2.75, 3.05) is 0 Å². The number of nitrogens with zero attached hydrogens (tertiary/aromatic N) is 2. The van der Waals surface area contributed by atoms with Gasteiger partial charge in [-0.25, -0.2) is 4.98 Å². The van der Waals surface area contributed by atoms with Crippen molar-refractivity contribution in [3.8, 4) is 11.3 Å². The fourth-order valence-corrected chi connectivity index (χ4v) is 4.39. The SMILES string of the molecule is c1ccc(-c2nccc3ccccc23)c(Cc2nc3ccccc3s2)c1. The van der Waals surface area contributed by atoms with E-state index in [1.54, 1.807) is 11.3 Å². The van der Waals surface area contributed by atoms with Gasteiger partial charge in [-0.1, -0.05) is 60.7 Å². The van der Waals surface area contributed by atoms with E-state index in [-0.39, 0.29) is 0 Å². The Kier molecular flexibility index (Phi) is 3.72. The predicted octanol–water partition coefficient (Wildman–Crippen LogP) is 6.10. The minimum Gasteiger partial charge on any atom is -0.256 e. The highest BCUT2D eigenvalue weighted by Gasteiger charge is 2.12. The van der Waals surface area contributed by atoms with E-state index in [1.165, 1.54) is 26.6 Å². The number of benzene rings is 3.